The summed E-state index contributed by atoms with van der Waals surface area (Å²) in [6, 6.07) is 4.72. The molecular formula is C18H14F3N3O2S. The van der Waals surface area contributed by atoms with Crippen molar-refractivity contribution in [1.82, 2.24) is 9.55 Å². The van der Waals surface area contributed by atoms with Gasteiger partial charge >= 0.3 is 6.18 Å². The molecule has 0 atom stereocenters. The van der Waals surface area contributed by atoms with Crippen LogP contribution < -0.4 is 10.9 Å². The number of thiophene rings is 1. The Morgan fingerprint density at radius 1 is 1.26 bits per heavy atom. The molecular weight excluding hydrogens is 379 g/mol. The molecule has 5 nitrogen and oxygen atoms in total. The van der Waals surface area contributed by atoms with E-state index in [0.717, 1.165) is 40.3 Å². The minimum absolute atomic E-state index is 0.335. The quantitative estimate of drug-likeness (QED) is 0.740. The molecule has 0 bridgehead atoms. The molecule has 140 valence electrons. The van der Waals surface area contributed by atoms with Gasteiger partial charge < -0.3 is 5.32 Å². The highest BCUT2D eigenvalue weighted by Crippen LogP contribution is 2.35. The van der Waals surface area contributed by atoms with Gasteiger partial charge in [-0.15, -0.1) is 11.3 Å². The topological polar surface area (TPSA) is 64.0 Å². The number of halogens is 3. The van der Waals surface area contributed by atoms with E-state index in [1.807, 2.05) is 0 Å². The predicted octanol–water partition coefficient (Wildman–Crippen LogP) is 3.60. The van der Waals surface area contributed by atoms with Crippen molar-refractivity contribution in [3.05, 3.63) is 57.0 Å². The Labute approximate surface area is 155 Å². The zero-order valence-corrected chi connectivity index (χ0v) is 14.8. The first-order chi connectivity index (χ1) is 12.8. The zero-order valence-electron chi connectivity index (χ0n) is 14.0. The molecule has 0 unspecified atom stereocenters. The smallest absolute Gasteiger partial charge is 0.324 e. The Morgan fingerprint density at radius 3 is 2.81 bits per heavy atom. The van der Waals surface area contributed by atoms with E-state index in [1.54, 1.807) is 0 Å². The van der Waals surface area contributed by atoms with Crippen LogP contribution in [0.2, 0.25) is 0 Å². The number of para-hydroxylation sites is 1. The van der Waals surface area contributed by atoms with Crippen LogP contribution in [-0.2, 0) is 30.4 Å². The fraction of sp³-hybridized carbons (Fsp3) is 0.278. The van der Waals surface area contributed by atoms with Crippen LogP contribution >= 0.6 is 11.3 Å². The average molecular weight is 393 g/mol. The van der Waals surface area contributed by atoms with Gasteiger partial charge in [0.05, 0.1) is 23.0 Å². The number of benzene rings is 1. The lowest BCUT2D eigenvalue weighted by Gasteiger charge is -2.13. The monoisotopic (exact) mass is 393 g/mol. The fourth-order valence-corrected chi connectivity index (χ4v) is 4.54. The highest BCUT2D eigenvalue weighted by atomic mass is 32.1. The first-order valence-electron chi connectivity index (χ1n) is 8.30. The molecule has 2 aromatic heterocycles. The van der Waals surface area contributed by atoms with Crippen LogP contribution in [0.15, 0.2) is 35.4 Å². The summed E-state index contributed by atoms with van der Waals surface area (Å²) in [5.41, 5.74) is -0.619. The maximum Gasteiger partial charge on any atom is 0.418 e. The highest BCUT2D eigenvalue weighted by molar-refractivity contribution is 7.18. The van der Waals surface area contributed by atoms with Crippen molar-refractivity contribution in [2.45, 2.75) is 32.0 Å². The van der Waals surface area contributed by atoms with E-state index in [4.69, 9.17) is 0 Å². The van der Waals surface area contributed by atoms with Gasteiger partial charge in [0, 0.05) is 4.88 Å². The molecule has 0 spiro atoms. The van der Waals surface area contributed by atoms with Crippen molar-refractivity contribution in [2.75, 3.05) is 5.32 Å². The molecule has 1 amide bonds. The molecule has 1 aromatic carbocycles. The minimum Gasteiger partial charge on any atom is -0.324 e. The lowest BCUT2D eigenvalue weighted by Crippen LogP contribution is -2.28. The number of hydrogen-bond acceptors (Lipinski definition) is 4. The number of carbonyl (C=O) groups is 1. The molecule has 1 aliphatic carbocycles. The Kier molecular flexibility index (Phi) is 4.26. The van der Waals surface area contributed by atoms with Crippen LogP contribution in [0, 0.1) is 0 Å². The molecule has 0 radical (unpaired) electrons. The fourth-order valence-electron chi connectivity index (χ4n) is 3.32. The summed E-state index contributed by atoms with van der Waals surface area (Å²) in [4.78, 5) is 31.0. The summed E-state index contributed by atoms with van der Waals surface area (Å²) in [6.07, 6.45) is -0.601. The first-order valence-corrected chi connectivity index (χ1v) is 9.12. The maximum absolute atomic E-state index is 13.0. The number of aromatic nitrogens is 2. The van der Waals surface area contributed by atoms with Crippen molar-refractivity contribution in [2.24, 2.45) is 0 Å². The summed E-state index contributed by atoms with van der Waals surface area (Å²) in [5, 5.41) is 2.77. The highest BCUT2D eigenvalue weighted by Gasteiger charge is 2.33. The molecule has 1 N–H and O–H groups in total. The largest absolute Gasteiger partial charge is 0.418 e. The molecule has 2 heterocycles. The number of amides is 1. The molecule has 4 rings (SSSR count). The van der Waals surface area contributed by atoms with Crippen molar-refractivity contribution in [3.8, 4) is 0 Å². The van der Waals surface area contributed by atoms with Gasteiger partial charge in [0.1, 0.15) is 11.4 Å². The predicted molar refractivity (Wildman–Crippen MR) is 96.0 cm³/mol. The SMILES string of the molecule is O=C(Cn1cnc2sc3c(c2c1=O)CCC3)Nc1ccccc1C(F)(F)F. The Morgan fingerprint density at radius 2 is 2.04 bits per heavy atom. The molecule has 0 aliphatic heterocycles. The summed E-state index contributed by atoms with van der Waals surface area (Å²) in [5.74, 6) is -0.721. The van der Waals surface area contributed by atoms with Crippen molar-refractivity contribution in [1.29, 1.82) is 0 Å². The van der Waals surface area contributed by atoms with Crippen LogP contribution in [0.3, 0.4) is 0 Å². The summed E-state index contributed by atoms with van der Waals surface area (Å²) in [6.45, 7) is -0.404. The number of carbonyl (C=O) groups excluding carboxylic acids is 1. The Hall–Kier alpha value is -2.68. The third-order valence-electron chi connectivity index (χ3n) is 4.51. The molecule has 0 saturated carbocycles. The molecule has 0 fully saturated rings. The number of hydrogen-bond donors (Lipinski definition) is 1. The Bertz CT molecular complexity index is 1100. The number of nitrogens with zero attached hydrogens (tertiary/aromatic N) is 2. The van der Waals surface area contributed by atoms with E-state index < -0.39 is 24.2 Å². The third kappa shape index (κ3) is 3.23. The van der Waals surface area contributed by atoms with Gasteiger partial charge in [0.2, 0.25) is 5.91 Å². The van der Waals surface area contributed by atoms with Gasteiger partial charge in [0.15, 0.2) is 0 Å². The lowest BCUT2D eigenvalue weighted by atomic mass is 10.1. The van der Waals surface area contributed by atoms with Gasteiger partial charge in [-0.3, -0.25) is 14.2 Å². The second-order valence-electron chi connectivity index (χ2n) is 6.31. The first kappa shape index (κ1) is 17.7. The number of aryl methyl sites for hydroxylation is 2. The normalized spacial score (nSPS) is 13.7. The number of fused-ring (bicyclic) bond motifs is 3. The van der Waals surface area contributed by atoms with Crippen LogP contribution in [0.25, 0.3) is 10.2 Å². The number of alkyl halides is 3. The van der Waals surface area contributed by atoms with Gasteiger partial charge in [-0.1, -0.05) is 12.1 Å². The molecule has 0 saturated heterocycles. The van der Waals surface area contributed by atoms with E-state index in [1.165, 1.54) is 35.9 Å². The van der Waals surface area contributed by atoms with E-state index in [2.05, 4.69) is 10.3 Å². The molecule has 3 aromatic rings. The maximum atomic E-state index is 13.0. The third-order valence-corrected chi connectivity index (χ3v) is 5.71. The van der Waals surface area contributed by atoms with Crippen LogP contribution in [0.5, 0.6) is 0 Å². The standard InChI is InChI=1S/C18H14F3N3O2S/c19-18(20,21)11-5-1-2-6-12(11)23-14(25)8-24-9-22-16-15(17(24)26)10-4-3-7-13(10)27-16/h1-2,5-6,9H,3-4,7-8H2,(H,23,25). The van der Waals surface area contributed by atoms with E-state index in [9.17, 15) is 22.8 Å². The molecule has 9 heteroatoms. The van der Waals surface area contributed by atoms with Crippen molar-refractivity contribution >= 4 is 33.1 Å². The summed E-state index contributed by atoms with van der Waals surface area (Å²) >= 11 is 1.49. The van der Waals surface area contributed by atoms with Gasteiger partial charge in [-0.05, 0) is 37.0 Å². The average Bonchev–Trinajstić information content (AvgIpc) is 3.17. The van der Waals surface area contributed by atoms with E-state index >= 15 is 0 Å². The lowest BCUT2D eigenvalue weighted by molar-refractivity contribution is -0.137. The Balaban J connectivity index is 1.61. The number of anilines is 1. The summed E-state index contributed by atoms with van der Waals surface area (Å²) < 4.78 is 40.3. The van der Waals surface area contributed by atoms with Gasteiger partial charge in [-0.25, -0.2) is 4.98 Å². The minimum atomic E-state index is -4.58. The van der Waals surface area contributed by atoms with Crippen LogP contribution in [-0.4, -0.2) is 15.5 Å². The van der Waals surface area contributed by atoms with Crippen molar-refractivity contribution < 1.29 is 18.0 Å². The molecule has 27 heavy (non-hydrogen) atoms. The summed E-state index contributed by atoms with van der Waals surface area (Å²) in [7, 11) is 0. The van der Waals surface area contributed by atoms with Crippen molar-refractivity contribution in [3.63, 3.8) is 0 Å². The molecule has 1 aliphatic rings. The zero-order chi connectivity index (χ0) is 19.2. The second-order valence-corrected chi connectivity index (χ2v) is 7.39. The van der Waals surface area contributed by atoms with Crippen LogP contribution in [0.1, 0.15) is 22.4 Å². The number of nitrogens with one attached hydrogen (secondary N) is 1. The second kappa shape index (κ2) is 6.49. The van der Waals surface area contributed by atoms with Gasteiger partial charge in [0.25, 0.3) is 5.56 Å². The van der Waals surface area contributed by atoms with E-state index in [0.29, 0.717) is 10.2 Å². The van der Waals surface area contributed by atoms with Crippen LogP contribution in [0.4, 0.5) is 18.9 Å². The van der Waals surface area contributed by atoms with E-state index in [-0.39, 0.29) is 11.2 Å². The van der Waals surface area contributed by atoms with Gasteiger partial charge in [-0.2, -0.15) is 13.2 Å². The number of rotatable bonds is 3.